The number of Topliss-reactive ketones (excluding diaryl/α,β-unsaturated/α-hetero) is 1. The van der Waals surface area contributed by atoms with Crippen molar-refractivity contribution in [3.8, 4) is 17.2 Å². The van der Waals surface area contributed by atoms with E-state index >= 15 is 0 Å². The molecule has 37 heavy (non-hydrogen) atoms. The predicted molar refractivity (Wildman–Crippen MR) is 137 cm³/mol. The Kier molecular flexibility index (Phi) is 6.26. The van der Waals surface area contributed by atoms with Crippen molar-refractivity contribution in [1.29, 1.82) is 0 Å². The first-order chi connectivity index (χ1) is 17.9. The van der Waals surface area contributed by atoms with Gasteiger partial charge in [0.15, 0.2) is 5.13 Å². The number of nitrogens with zero attached hydrogens (tertiary/aromatic N) is 2. The first-order valence-electron chi connectivity index (χ1n) is 11.1. The molecule has 10 heteroatoms. The summed E-state index contributed by atoms with van der Waals surface area (Å²) >= 11 is 1.07. The number of benzene rings is 3. The van der Waals surface area contributed by atoms with E-state index in [2.05, 4.69) is 4.98 Å². The smallest absolute Gasteiger partial charge is 0.301 e. The van der Waals surface area contributed by atoms with Crippen LogP contribution < -0.4 is 19.1 Å². The van der Waals surface area contributed by atoms with Gasteiger partial charge < -0.3 is 19.3 Å². The third-order valence-electron chi connectivity index (χ3n) is 6.06. The van der Waals surface area contributed by atoms with E-state index in [4.69, 9.17) is 14.2 Å². The van der Waals surface area contributed by atoms with E-state index in [1.807, 2.05) is 0 Å². The first kappa shape index (κ1) is 24.3. The molecule has 5 rings (SSSR count). The van der Waals surface area contributed by atoms with Crippen LogP contribution in [0.3, 0.4) is 0 Å². The van der Waals surface area contributed by atoms with Gasteiger partial charge in [-0.3, -0.25) is 14.5 Å². The Morgan fingerprint density at radius 2 is 1.73 bits per heavy atom. The van der Waals surface area contributed by atoms with Gasteiger partial charge in [-0.1, -0.05) is 23.5 Å². The highest BCUT2D eigenvalue weighted by Crippen LogP contribution is 2.46. The number of hydrogen-bond donors (Lipinski definition) is 1. The predicted octanol–water partition coefficient (Wildman–Crippen LogP) is 5.09. The number of thiazole rings is 1. The van der Waals surface area contributed by atoms with Crippen molar-refractivity contribution in [2.24, 2.45) is 0 Å². The second kappa shape index (κ2) is 9.55. The van der Waals surface area contributed by atoms with E-state index < -0.39 is 29.3 Å². The first-order valence-corrected chi connectivity index (χ1v) is 11.9. The normalized spacial score (nSPS) is 16.9. The Bertz CT molecular complexity index is 1580. The van der Waals surface area contributed by atoms with Crippen molar-refractivity contribution in [2.45, 2.75) is 6.04 Å². The molecule has 1 amide bonds. The minimum atomic E-state index is -1.03. The van der Waals surface area contributed by atoms with Gasteiger partial charge >= 0.3 is 5.91 Å². The molecular formula is C27H21FN2O6S. The van der Waals surface area contributed by atoms with Crippen molar-refractivity contribution in [3.63, 3.8) is 0 Å². The number of rotatable bonds is 6. The summed E-state index contributed by atoms with van der Waals surface area (Å²) in [6, 6.07) is 14.6. The maximum atomic E-state index is 13.8. The van der Waals surface area contributed by atoms with E-state index in [1.165, 1.54) is 44.4 Å². The van der Waals surface area contributed by atoms with Gasteiger partial charge in [-0.25, -0.2) is 9.37 Å². The maximum Gasteiger partial charge on any atom is 0.301 e. The molecule has 2 heterocycles. The second-order valence-corrected chi connectivity index (χ2v) is 9.13. The Labute approximate surface area is 215 Å². The highest BCUT2D eigenvalue weighted by atomic mass is 32.1. The third-order valence-corrected chi connectivity index (χ3v) is 7.08. The molecular weight excluding hydrogens is 499 g/mol. The van der Waals surface area contributed by atoms with Crippen molar-refractivity contribution in [2.75, 3.05) is 26.2 Å². The number of carbonyl (C=O) groups excluding carboxylic acids is 2. The lowest BCUT2D eigenvalue weighted by atomic mass is 9.95. The number of ether oxygens (including phenoxy) is 3. The highest BCUT2D eigenvalue weighted by molar-refractivity contribution is 7.22. The van der Waals surface area contributed by atoms with Crippen molar-refractivity contribution in [3.05, 3.63) is 83.2 Å². The lowest BCUT2D eigenvalue weighted by Gasteiger charge is -2.23. The molecule has 1 N–H and O–H groups in total. The number of methoxy groups -OCH3 is 3. The zero-order chi connectivity index (χ0) is 26.3. The van der Waals surface area contributed by atoms with Crippen molar-refractivity contribution < 1.29 is 33.3 Å². The van der Waals surface area contributed by atoms with E-state index in [9.17, 15) is 19.1 Å². The fraction of sp³-hybridized carbons (Fsp3) is 0.148. The van der Waals surface area contributed by atoms with E-state index in [0.29, 0.717) is 27.3 Å². The fourth-order valence-corrected chi connectivity index (χ4v) is 5.30. The summed E-state index contributed by atoms with van der Waals surface area (Å²) < 4.78 is 30.4. The van der Waals surface area contributed by atoms with Crippen molar-refractivity contribution in [1.82, 2.24) is 4.98 Å². The molecule has 8 nitrogen and oxygen atoms in total. The molecule has 0 saturated carbocycles. The largest absolute Gasteiger partial charge is 0.507 e. The van der Waals surface area contributed by atoms with Crippen molar-refractivity contribution >= 4 is 44.1 Å². The van der Waals surface area contributed by atoms with Crippen LogP contribution in [0.2, 0.25) is 0 Å². The summed E-state index contributed by atoms with van der Waals surface area (Å²) in [5.41, 5.74) is 1.05. The fourth-order valence-electron chi connectivity index (χ4n) is 4.29. The molecule has 1 aromatic heterocycles. The summed E-state index contributed by atoms with van der Waals surface area (Å²) in [7, 11) is 4.41. The summed E-state index contributed by atoms with van der Waals surface area (Å²) in [5, 5.41) is 11.6. The number of aromatic nitrogens is 1. The molecule has 3 aromatic carbocycles. The van der Waals surface area contributed by atoms with Crippen LogP contribution in [0.1, 0.15) is 17.2 Å². The van der Waals surface area contributed by atoms with Crippen LogP contribution in [0.5, 0.6) is 17.2 Å². The SMILES string of the molecule is COc1cccc(C2/C(=C(\O)c3ccc(OC)cc3OC)C(=O)C(=O)N2c2nc3ccc(F)cc3s2)c1. The molecule has 4 aromatic rings. The molecule has 1 aliphatic heterocycles. The molecule has 0 bridgehead atoms. The Morgan fingerprint density at radius 1 is 0.973 bits per heavy atom. The lowest BCUT2D eigenvalue weighted by molar-refractivity contribution is -0.132. The standard InChI is InChI=1S/C27H21FN2O6S/c1-34-16-6-4-5-14(11-16)23-22(24(31)18-9-8-17(35-2)13-20(18)36-3)25(32)26(33)30(23)27-29-19-10-7-15(28)12-21(19)37-27/h4-13,23,31H,1-3H3/b24-22+. The quantitative estimate of drug-likeness (QED) is 0.215. The number of amides is 1. The molecule has 0 spiro atoms. The van der Waals surface area contributed by atoms with Gasteiger partial charge in [0.05, 0.1) is 48.7 Å². The number of aliphatic hydroxyl groups excluding tert-OH is 1. The topological polar surface area (TPSA) is 98.2 Å². The second-order valence-electron chi connectivity index (χ2n) is 8.12. The molecule has 1 unspecified atom stereocenters. The number of carbonyl (C=O) groups is 2. The average Bonchev–Trinajstić information content (AvgIpc) is 3.45. The number of hydrogen-bond acceptors (Lipinski definition) is 8. The molecule has 1 aliphatic rings. The summed E-state index contributed by atoms with van der Waals surface area (Å²) in [6.45, 7) is 0. The van der Waals surface area contributed by atoms with Crippen LogP contribution in [0, 0.1) is 5.82 Å². The monoisotopic (exact) mass is 520 g/mol. The Morgan fingerprint density at radius 3 is 2.46 bits per heavy atom. The summed E-state index contributed by atoms with van der Waals surface area (Å²) in [4.78, 5) is 32.6. The van der Waals surface area contributed by atoms with Crippen LogP contribution in [0.15, 0.2) is 66.2 Å². The number of aliphatic hydroxyl groups is 1. The summed E-state index contributed by atoms with van der Waals surface area (Å²) in [6.07, 6.45) is 0. The summed E-state index contributed by atoms with van der Waals surface area (Å²) in [5.74, 6) is -1.39. The van der Waals surface area contributed by atoms with Crippen LogP contribution in [-0.2, 0) is 9.59 Å². The molecule has 1 saturated heterocycles. The molecule has 0 radical (unpaired) electrons. The van der Waals surface area contributed by atoms with Gasteiger partial charge in [0.25, 0.3) is 5.78 Å². The molecule has 1 atom stereocenters. The van der Waals surface area contributed by atoms with Gasteiger partial charge in [0.1, 0.15) is 28.8 Å². The van der Waals surface area contributed by atoms with Gasteiger partial charge in [0, 0.05) is 6.07 Å². The van der Waals surface area contributed by atoms with Crippen LogP contribution in [-0.4, -0.2) is 43.1 Å². The molecule has 188 valence electrons. The van der Waals surface area contributed by atoms with Gasteiger partial charge in [0.2, 0.25) is 0 Å². The minimum absolute atomic E-state index is 0.146. The number of halogens is 1. The number of anilines is 1. The van der Waals surface area contributed by atoms with E-state index in [0.717, 1.165) is 11.3 Å². The zero-order valence-electron chi connectivity index (χ0n) is 20.0. The van der Waals surface area contributed by atoms with Gasteiger partial charge in [-0.05, 0) is 48.0 Å². The number of ketones is 1. The zero-order valence-corrected chi connectivity index (χ0v) is 20.8. The Balaban J connectivity index is 1.75. The van der Waals surface area contributed by atoms with Gasteiger partial charge in [-0.2, -0.15) is 0 Å². The van der Waals surface area contributed by atoms with Crippen LogP contribution in [0.4, 0.5) is 9.52 Å². The maximum absolute atomic E-state index is 13.8. The molecule has 0 aliphatic carbocycles. The third kappa shape index (κ3) is 4.15. The van der Waals surface area contributed by atoms with Crippen LogP contribution >= 0.6 is 11.3 Å². The minimum Gasteiger partial charge on any atom is -0.507 e. The lowest BCUT2D eigenvalue weighted by Crippen LogP contribution is -2.29. The van der Waals surface area contributed by atoms with E-state index in [-0.39, 0.29) is 22.0 Å². The van der Waals surface area contributed by atoms with E-state index in [1.54, 1.807) is 42.5 Å². The molecule has 1 fully saturated rings. The van der Waals surface area contributed by atoms with Gasteiger partial charge in [-0.15, -0.1) is 0 Å². The Hall–Kier alpha value is -4.44. The van der Waals surface area contributed by atoms with Crippen LogP contribution in [0.25, 0.3) is 16.0 Å². The average molecular weight is 521 g/mol. The highest BCUT2D eigenvalue weighted by Gasteiger charge is 2.48. The number of fused-ring (bicyclic) bond motifs is 1.